The highest BCUT2D eigenvalue weighted by molar-refractivity contribution is 7.92. The predicted octanol–water partition coefficient (Wildman–Crippen LogP) is 2.61. The van der Waals surface area contributed by atoms with Gasteiger partial charge < -0.3 is 15.4 Å². The monoisotopic (exact) mass is 462 g/mol. The second-order valence-corrected chi connectivity index (χ2v) is 10.8. The maximum Gasteiger partial charge on any atom is 0.329 e. The summed E-state index contributed by atoms with van der Waals surface area (Å²) in [5, 5.41) is -1.27. The zero-order valence-electron chi connectivity index (χ0n) is 18.2. The van der Waals surface area contributed by atoms with E-state index in [1.165, 1.54) is 30.3 Å². The van der Waals surface area contributed by atoms with Gasteiger partial charge in [0.15, 0.2) is 9.84 Å². The van der Waals surface area contributed by atoms with Crippen LogP contribution in [0.15, 0.2) is 59.5 Å². The molecule has 32 heavy (non-hydrogen) atoms. The molecule has 1 heterocycles. The van der Waals surface area contributed by atoms with E-state index in [2.05, 4.69) is 0 Å². The molecule has 1 aliphatic rings. The maximum atomic E-state index is 14.9. The third-order valence-electron chi connectivity index (χ3n) is 5.28. The van der Waals surface area contributed by atoms with Crippen molar-refractivity contribution in [3.05, 3.63) is 66.0 Å². The van der Waals surface area contributed by atoms with Crippen molar-refractivity contribution in [3.63, 3.8) is 0 Å². The number of ether oxygens (including phenoxy) is 1. The number of rotatable bonds is 5. The smallest absolute Gasteiger partial charge is 0.329 e. The van der Waals surface area contributed by atoms with Crippen LogP contribution in [0.5, 0.6) is 0 Å². The van der Waals surface area contributed by atoms with E-state index in [0.717, 1.165) is 4.90 Å². The van der Waals surface area contributed by atoms with Gasteiger partial charge in [-0.15, -0.1) is 0 Å². The van der Waals surface area contributed by atoms with Gasteiger partial charge in [-0.25, -0.2) is 17.6 Å². The number of likely N-dealkylation sites (tertiary alicyclic amines) is 1. The molecule has 1 fully saturated rings. The van der Waals surface area contributed by atoms with Gasteiger partial charge in [-0.3, -0.25) is 4.79 Å². The molecule has 0 saturated carbocycles. The van der Waals surface area contributed by atoms with Crippen LogP contribution in [0.4, 0.5) is 4.39 Å². The second kappa shape index (κ2) is 8.99. The van der Waals surface area contributed by atoms with Crippen molar-refractivity contribution in [1.82, 2.24) is 4.90 Å². The standard InChI is InChI=1S/C23H27FN2O5S/c1-23(2,3)31-22(28)18-13-19(32(29,30)15-9-5-4-6-10-15)21(26(18)20(27)14-25)16-11-7-8-12-17(16)24/h4-12,18-19,21H,13-14,25H2,1-3H3. The molecular weight excluding hydrogens is 435 g/mol. The van der Waals surface area contributed by atoms with Crippen molar-refractivity contribution < 1.29 is 27.1 Å². The summed E-state index contributed by atoms with van der Waals surface area (Å²) in [7, 11) is -4.05. The lowest BCUT2D eigenvalue weighted by Gasteiger charge is -2.32. The summed E-state index contributed by atoms with van der Waals surface area (Å²) < 4.78 is 47.5. The lowest BCUT2D eigenvalue weighted by Crippen LogP contribution is -2.47. The summed E-state index contributed by atoms with van der Waals surface area (Å²) in [6.07, 6.45) is -0.239. The fourth-order valence-corrected chi connectivity index (χ4v) is 5.93. The molecule has 2 N–H and O–H groups in total. The average molecular weight is 463 g/mol. The summed E-state index contributed by atoms with van der Waals surface area (Å²) in [5.41, 5.74) is 4.74. The van der Waals surface area contributed by atoms with Crippen LogP contribution >= 0.6 is 0 Å². The number of nitrogens with two attached hydrogens (primary N) is 1. The van der Waals surface area contributed by atoms with Crippen LogP contribution in [0.25, 0.3) is 0 Å². The number of halogens is 1. The fourth-order valence-electron chi connectivity index (χ4n) is 4.00. The van der Waals surface area contributed by atoms with Crippen molar-refractivity contribution in [2.75, 3.05) is 6.54 Å². The Bertz CT molecular complexity index is 1100. The van der Waals surface area contributed by atoms with Gasteiger partial charge in [-0.1, -0.05) is 36.4 Å². The van der Waals surface area contributed by atoms with Gasteiger partial charge in [0.05, 0.1) is 22.7 Å². The van der Waals surface area contributed by atoms with E-state index in [-0.39, 0.29) is 16.9 Å². The molecule has 3 atom stereocenters. The van der Waals surface area contributed by atoms with Gasteiger partial charge in [0, 0.05) is 5.56 Å². The van der Waals surface area contributed by atoms with Crippen molar-refractivity contribution in [2.24, 2.45) is 5.73 Å². The van der Waals surface area contributed by atoms with E-state index in [0.29, 0.717) is 0 Å². The molecule has 0 aliphatic carbocycles. The first-order chi connectivity index (χ1) is 15.0. The van der Waals surface area contributed by atoms with Crippen molar-refractivity contribution in [2.45, 2.75) is 55.0 Å². The summed E-state index contributed by atoms with van der Waals surface area (Å²) in [5.74, 6) is -2.10. The number of nitrogens with zero attached hydrogens (tertiary/aromatic N) is 1. The van der Waals surface area contributed by atoms with Gasteiger partial charge in [0.25, 0.3) is 0 Å². The highest BCUT2D eigenvalue weighted by atomic mass is 32.2. The Kier molecular flexibility index (Phi) is 6.71. The lowest BCUT2D eigenvalue weighted by molar-refractivity contribution is -0.164. The topological polar surface area (TPSA) is 107 Å². The van der Waals surface area contributed by atoms with Crippen LogP contribution in [-0.4, -0.2) is 48.6 Å². The third kappa shape index (κ3) is 4.68. The minimum atomic E-state index is -4.05. The molecule has 1 saturated heterocycles. The minimum absolute atomic E-state index is 0.00450. The normalized spacial score (nSPS) is 21.4. The molecule has 1 aliphatic heterocycles. The van der Waals surface area contributed by atoms with Gasteiger partial charge in [-0.05, 0) is 45.4 Å². The van der Waals surface area contributed by atoms with Gasteiger partial charge in [0.2, 0.25) is 5.91 Å². The Morgan fingerprint density at radius 3 is 2.25 bits per heavy atom. The van der Waals surface area contributed by atoms with Crippen molar-refractivity contribution in [3.8, 4) is 0 Å². The van der Waals surface area contributed by atoms with E-state index in [1.54, 1.807) is 45.0 Å². The van der Waals surface area contributed by atoms with Gasteiger partial charge in [-0.2, -0.15) is 0 Å². The minimum Gasteiger partial charge on any atom is -0.458 e. The molecule has 0 aromatic heterocycles. The highest BCUT2D eigenvalue weighted by Gasteiger charge is 2.54. The molecule has 7 nitrogen and oxygen atoms in total. The summed E-state index contributed by atoms with van der Waals surface area (Å²) in [6.45, 7) is 4.53. The zero-order chi connectivity index (χ0) is 23.7. The predicted molar refractivity (Wildman–Crippen MR) is 117 cm³/mol. The van der Waals surface area contributed by atoms with Crippen LogP contribution in [0.2, 0.25) is 0 Å². The number of hydrogen-bond donors (Lipinski definition) is 1. The van der Waals surface area contributed by atoms with Crippen LogP contribution in [-0.2, 0) is 24.2 Å². The second-order valence-electron chi connectivity index (χ2n) is 8.65. The zero-order valence-corrected chi connectivity index (χ0v) is 19.0. The van der Waals surface area contributed by atoms with Crippen LogP contribution in [0, 0.1) is 5.82 Å². The first-order valence-electron chi connectivity index (χ1n) is 10.2. The Morgan fingerprint density at radius 2 is 1.69 bits per heavy atom. The molecule has 0 spiro atoms. The number of benzene rings is 2. The number of carbonyl (C=O) groups excluding carboxylic acids is 2. The average Bonchev–Trinajstić information content (AvgIpc) is 3.14. The van der Waals surface area contributed by atoms with Crippen LogP contribution in [0.1, 0.15) is 38.8 Å². The summed E-state index contributed by atoms with van der Waals surface area (Å²) >= 11 is 0. The van der Waals surface area contributed by atoms with Gasteiger partial charge >= 0.3 is 5.97 Å². The number of esters is 1. The van der Waals surface area contributed by atoms with Crippen LogP contribution in [0.3, 0.4) is 0 Å². The quantitative estimate of drug-likeness (QED) is 0.685. The van der Waals surface area contributed by atoms with E-state index in [4.69, 9.17) is 10.5 Å². The molecule has 3 unspecified atom stereocenters. The van der Waals surface area contributed by atoms with E-state index in [1.807, 2.05) is 0 Å². The molecule has 2 aromatic rings. The molecule has 2 aromatic carbocycles. The third-order valence-corrected chi connectivity index (χ3v) is 7.46. The Morgan fingerprint density at radius 1 is 1.09 bits per heavy atom. The summed E-state index contributed by atoms with van der Waals surface area (Å²) in [4.78, 5) is 27.0. The molecule has 1 amide bonds. The van der Waals surface area contributed by atoms with Crippen molar-refractivity contribution >= 4 is 21.7 Å². The van der Waals surface area contributed by atoms with E-state index < -0.39 is 57.0 Å². The Labute approximate surface area is 187 Å². The molecular formula is C23H27FN2O5S. The molecule has 0 radical (unpaired) electrons. The maximum absolute atomic E-state index is 14.9. The number of amides is 1. The van der Waals surface area contributed by atoms with E-state index >= 15 is 0 Å². The van der Waals surface area contributed by atoms with Crippen LogP contribution < -0.4 is 5.73 Å². The molecule has 9 heteroatoms. The fraction of sp³-hybridized carbons (Fsp3) is 0.391. The SMILES string of the molecule is CC(C)(C)OC(=O)C1CC(S(=O)(=O)c2ccccc2)C(c2ccccc2F)N1C(=O)CN. The first-order valence-corrected chi connectivity index (χ1v) is 11.8. The Balaban J connectivity index is 2.19. The Hall–Kier alpha value is -2.78. The molecule has 172 valence electrons. The largest absolute Gasteiger partial charge is 0.458 e. The molecule has 3 rings (SSSR count). The number of carbonyl (C=O) groups is 2. The number of sulfone groups is 1. The van der Waals surface area contributed by atoms with Crippen molar-refractivity contribution in [1.29, 1.82) is 0 Å². The van der Waals surface area contributed by atoms with E-state index in [9.17, 15) is 22.4 Å². The molecule has 0 bridgehead atoms. The van der Waals surface area contributed by atoms with Gasteiger partial charge in [0.1, 0.15) is 17.5 Å². The highest BCUT2D eigenvalue weighted by Crippen LogP contribution is 2.43. The first kappa shape index (κ1) is 23.9. The summed E-state index contributed by atoms with van der Waals surface area (Å²) in [6, 6.07) is 10.9. The number of hydrogen-bond acceptors (Lipinski definition) is 6. The lowest BCUT2D eigenvalue weighted by atomic mass is 10.0.